The monoisotopic (exact) mass is 611 g/mol. The average Bonchev–Trinajstić information content (AvgIpc) is 3.18. The second-order valence-corrected chi connectivity index (χ2v) is 12.4. The zero-order valence-corrected chi connectivity index (χ0v) is 26.3. The van der Waals surface area contributed by atoms with Gasteiger partial charge in [0.15, 0.2) is 4.80 Å². The van der Waals surface area contributed by atoms with Crippen LogP contribution in [-0.4, -0.2) is 37.8 Å². The summed E-state index contributed by atoms with van der Waals surface area (Å²) in [5.41, 5.74) is 7.55. The molecule has 6 rings (SSSR count). The first kappa shape index (κ1) is 29.0. The summed E-state index contributed by atoms with van der Waals surface area (Å²) in [5, 5.41) is 0.662. The zero-order valence-electron chi connectivity index (χ0n) is 24.8. The van der Waals surface area contributed by atoms with Crippen LogP contribution in [0.3, 0.4) is 0 Å². The average molecular weight is 612 g/mol. The highest BCUT2D eigenvalue weighted by Gasteiger charge is 2.33. The van der Waals surface area contributed by atoms with Crippen LogP contribution in [-0.2, 0) is 0 Å². The number of benzene rings is 3. The standard InChI is InChI=1S/C35H34ClN3O3S/c1-38(2)32(23-11-17-26(41-3)18-12-23)28-7-5-6-8-29-31(28)37-35-39(33(29)24-13-19-27(42-4)20-14-24)34(40)30(43-35)21-22-9-15-25(36)16-10-22/h9-21,33H,5-8H2,1-4H3/b30-21-,32-28+. The number of thiazole rings is 1. The molecule has 0 spiro atoms. The Kier molecular flexibility index (Phi) is 8.28. The van der Waals surface area contributed by atoms with E-state index in [1.807, 2.05) is 59.2 Å². The lowest BCUT2D eigenvalue weighted by Gasteiger charge is -2.29. The molecular weight excluding hydrogens is 578 g/mol. The summed E-state index contributed by atoms with van der Waals surface area (Å²) in [6, 6.07) is 23.6. The molecule has 3 aromatic carbocycles. The van der Waals surface area contributed by atoms with Gasteiger partial charge in [-0.15, -0.1) is 0 Å². The first-order chi connectivity index (χ1) is 20.9. The SMILES string of the molecule is COc1ccc(/C(=C2/CCCCC3=C2N=c2s/c(=C\c4ccc(Cl)cc4)c(=O)n2C3c2ccc(OC)cc2)N(C)C)cc1. The van der Waals surface area contributed by atoms with Crippen LogP contribution in [0.15, 0.2) is 99.4 Å². The van der Waals surface area contributed by atoms with E-state index in [0.29, 0.717) is 14.4 Å². The Labute approximate surface area is 260 Å². The third-order valence-corrected chi connectivity index (χ3v) is 9.28. The lowest BCUT2D eigenvalue weighted by Crippen LogP contribution is -2.38. The number of ether oxygens (including phenoxy) is 2. The van der Waals surface area contributed by atoms with Crippen molar-refractivity contribution in [2.45, 2.75) is 31.7 Å². The second-order valence-electron chi connectivity index (χ2n) is 10.9. The quantitative estimate of drug-likeness (QED) is 0.252. The molecule has 0 saturated carbocycles. The first-order valence-electron chi connectivity index (χ1n) is 14.4. The van der Waals surface area contributed by atoms with Gasteiger partial charge >= 0.3 is 0 Å². The summed E-state index contributed by atoms with van der Waals surface area (Å²) >= 11 is 7.56. The topological polar surface area (TPSA) is 56.1 Å². The predicted octanol–water partition coefficient (Wildman–Crippen LogP) is 6.43. The lowest BCUT2D eigenvalue weighted by atomic mass is 9.90. The molecule has 1 atom stereocenters. The van der Waals surface area contributed by atoms with Crippen LogP contribution < -0.4 is 24.4 Å². The second kappa shape index (κ2) is 12.3. The van der Waals surface area contributed by atoms with Gasteiger partial charge in [0.25, 0.3) is 5.56 Å². The van der Waals surface area contributed by atoms with Crippen molar-refractivity contribution in [1.82, 2.24) is 9.47 Å². The van der Waals surface area contributed by atoms with Crippen molar-refractivity contribution in [3.05, 3.63) is 131 Å². The van der Waals surface area contributed by atoms with Crippen molar-refractivity contribution in [2.24, 2.45) is 4.99 Å². The number of aromatic nitrogens is 1. The fraction of sp³-hybridized carbons (Fsp3) is 0.257. The van der Waals surface area contributed by atoms with Gasteiger partial charge in [-0.05, 0) is 103 Å². The van der Waals surface area contributed by atoms with E-state index in [1.54, 1.807) is 14.2 Å². The number of fused-ring (bicyclic) bond motifs is 1. The van der Waals surface area contributed by atoms with E-state index >= 15 is 0 Å². The Morgan fingerprint density at radius 2 is 1.56 bits per heavy atom. The third kappa shape index (κ3) is 5.67. The molecular formula is C35H34ClN3O3S. The number of nitrogens with zero attached hydrogens (tertiary/aromatic N) is 3. The molecule has 0 N–H and O–H groups in total. The maximum Gasteiger partial charge on any atom is 0.271 e. The Morgan fingerprint density at radius 1 is 0.930 bits per heavy atom. The van der Waals surface area contributed by atoms with Crippen molar-refractivity contribution in [1.29, 1.82) is 0 Å². The van der Waals surface area contributed by atoms with Gasteiger partial charge in [-0.3, -0.25) is 9.36 Å². The zero-order chi connectivity index (χ0) is 30.1. The molecule has 2 heterocycles. The number of allylic oxidation sites excluding steroid dienone is 2. The van der Waals surface area contributed by atoms with Gasteiger partial charge < -0.3 is 14.4 Å². The largest absolute Gasteiger partial charge is 0.497 e. The van der Waals surface area contributed by atoms with E-state index < -0.39 is 0 Å². The summed E-state index contributed by atoms with van der Waals surface area (Å²) in [6.45, 7) is 0. The Hall–Kier alpha value is -4.07. The van der Waals surface area contributed by atoms with Crippen LogP contribution in [0, 0.1) is 0 Å². The minimum atomic E-state index is -0.267. The van der Waals surface area contributed by atoms with Gasteiger partial charge in [0.05, 0.1) is 30.5 Å². The molecule has 1 aliphatic heterocycles. The van der Waals surface area contributed by atoms with E-state index in [9.17, 15) is 4.79 Å². The van der Waals surface area contributed by atoms with Crippen LogP contribution in [0.25, 0.3) is 11.8 Å². The Balaban J connectivity index is 1.63. The maximum atomic E-state index is 14.1. The van der Waals surface area contributed by atoms with Crippen molar-refractivity contribution in [2.75, 3.05) is 28.3 Å². The van der Waals surface area contributed by atoms with E-state index in [-0.39, 0.29) is 11.6 Å². The number of methoxy groups -OCH3 is 2. The van der Waals surface area contributed by atoms with E-state index in [2.05, 4.69) is 43.3 Å². The van der Waals surface area contributed by atoms with Crippen LogP contribution in [0.4, 0.5) is 0 Å². The third-order valence-electron chi connectivity index (χ3n) is 8.04. The number of halogens is 1. The van der Waals surface area contributed by atoms with Crippen molar-refractivity contribution >= 4 is 34.7 Å². The molecule has 0 amide bonds. The molecule has 0 saturated heterocycles. The highest BCUT2D eigenvalue weighted by atomic mass is 35.5. The Bertz CT molecular complexity index is 1880. The van der Waals surface area contributed by atoms with Crippen LogP contribution in [0.1, 0.15) is 48.4 Å². The van der Waals surface area contributed by atoms with Crippen LogP contribution in [0.5, 0.6) is 11.5 Å². The molecule has 0 fully saturated rings. The molecule has 0 radical (unpaired) electrons. The fourth-order valence-electron chi connectivity index (χ4n) is 6.03. The molecule has 220 valence electrons. The maximum absolute atomic E-state index is 14.1. The molecule has 4 aromatic rings. The normalized spacial score (nSPS) is 17.9. The minimum Gasteiger partial charge on any atom is -0.497 e. The fourth-order valence-corrected chi connectivity index (χ4v) is 7.15. The molecule has 2 aliphatic rings. The summed E-state index contributed by atoms with van der Waals surface area (Å²) in [5.74, 6) is 1.60. The van der Waals surface area contributed by atoms with Gasteiger partial charge in [0.2, 0.25) is 0 Å². The molecule has 6 nitrogen and oxygen atoms in total. The van der Waals surface area contributed by atoms with E-state index in [1.165, 1.54) is 22.5 Å². The molecule has 0 bridgehead atoms. The highest BCUT2D eigenvalue weighted by Crippen LogP contribution is 2.42. The van der Waals surface area contributed by atoms with Gasteiger partial charge in [-0.1, -0.05) is 47.2 Å². The summed E-state index contributed by atoms with van der Waals surface area (Å²) in [7, 11) is 7.52. The summed E-state index contributed by atoms with van der Waals surface area (Å²) in [4.78, 5) is 22.3. The molecule has 8 heteroatoms. The van der Waals surface area contributed by atoms with Crippen molar-refractivity contribution in [3.8, 4) is 11.5 Å². The van der Waals surface area contributed by atoms with Crippen molar-refractivity contribution < 1.29 is 9.47 Å². The van der Waals surface area contributed by atoms with Gasteiger partial charge in [-0.25, -0.2) is 4.99 Å². The van der Waals surface area contributed by atoms with Crippen LogP contribution >= 0.6 is 22.9 Å². The number of hydrogen-bond donors (Lipinski definition) is 0. The molecule has 43 heavy (non-hydrogen) atoms. The van der Waals surface area contributed by atoms with Gasteiger partial charge in [0, 0.05) is 30.4 Å². The highest BCUT2D eigenvalue weighted by molar-refractivity contribution is 7.07. The lowest BCUT2D eigenvalue weighted by molar-refractivity contribution is 0.414. The van der Waals surface area contributed by atoms with Gasteiger partial charge in [0.1, 0.15) is 11.5 Å². The van der Waals surface area contributed by atoms with E-state index in [0.717, 1.165) is 65.3 Å². The number of rotatable bonds is 6. The van der Waals surface area contributed by atoms with E-state index in [4.69, 9.17) is 26.1 Å². The summed E-state index contributed by atoms with van der Waals surface area (Å²) < 4.78 is 13.4. The summed E-state index contributed by atoms with van der Waals surface area (Å²) in [6.07, 6.45) is 5.75. The molecule has 1 aromatic heterocycles. The predicted molar refractivity (Wildman–Crippen MR) is 175 cm³/mol. The molecule has 1 unspecified atom stereocenters. The minimum absolute atomic E-state index is 0.0381. The first-order valence-corrected chi connectivity index (χ1v) is 15.6. The smallest absolute Gasteiger partial charge is 0.271 e. The molecule has 1 aliphatic carbocycles. The van der Waals surface area contributed by atoms with Crippen molar-refractivity contribution in [3.63, 3.8) is 0 Å². The number of hydrogen-bond acceptors (Lipinski definition) is 6. The van der Waals surface area contributed by atoms with Crippen LogP contribution in [0.2, 0.25) is 5.02 Å². The van der Waals surface area contributed by atoms with Gasteiger partial charge in [-0.2, -0.15) is 0 Å². The Morgan fingerprint density at radius 3 is 2.19 bits per heavy atom.